The van der Waals surface area contributed by atoms with Gasteiger partial charge in [-0.15, -0.1) is 11.3 Å². The monoisotopic (exact) mass is 466 g/mol. The number of nitrogens with one attached hydrogen (secondary N) is 2. The van der Waals surface area contributed by atoms with Crippen LogP contribution in [-0.2, 0) is 28.8 Å². The SMILES string of the molecule is Cc1ccc2c(CC(=O)Nc3sc4c(c3C(=O)NC[C@H]3CCCO3)CCCC4)coc2c1C. The first-order valence-corrected chi connectivity index (χ1v) is 12.6. The van der Waals surface area contributed by atoms with E-state index in [9.17, 15) is 9.59 Å². The Balaban J connectivity index is 1.35. The van der Waals surface area contributed by atoms with Crippen molar-refractivity contribution in [3.05, 3.63) is 51.1 Å². The second-order valence-corrected chi connectivity index (χ2v) is 10.2. The fourth-order valence-corrected chi connectivity index (χ4v) is 6.17. The lowest BCUT2D eigenvalue weighted by atomic mass is 9.95. The fourth-order valence-electron chi connectivity index (χ4n) is 4.86. The van der Waals surface area contributed by atoms with E-state index in [1.807, 2.05) is 19.9 Å². The molecule has 1 aliphatic carbocycles. The van der Waals surface area contributed by atoms with Crippen molar-refractivity contribution in [3.63, 3.8) is 0 Å². The van der Waals surface area contributed by atoms with Crippen molar-refractivity contribution in [3.8, 4) is 0 Å². The summed E-state index contributed by atoms with van der Waals surface area (Å²) in [5.74, 6) is -0.247. The molecule has 2 N–H and O–H groups in total. The molecular weight excluding hydrogens is 436 g/mol. The highest BCUT2D eigenvalue weighted by molar-refractivity contribution is 7.17. The van der Waals surface area contributed by atoms with Gasteiger partial charge in [-0.05, 0) is 69.1 Å². The first-order chi connectivity index (χ1) is 16.0. The molecule has 6 nitrogen and oxygen atoms in total. The maximum absolute atomic E-state index is 13.2. The number of rotatable bonds is 6. The zero-order valence-electron chi connectivity index (χ0n) is 19.2. The van der Waals surface area contributed by atoms with Gasteiger partial charge in [0, 0.05) is 29.0 Å². The molecule has 1 aromatic carbocycles. The average molecular weight is 467 g/mol. The van der Waals surface area contributed by atoms with Gasteiger partial charge in [-0.2, -0.15) is 0 Å². The number of ether oxygens (including phenoxy) is 1. The topological polar surface area (TPSA) is 80.6 Å². The van der Waals surface area contributed by atoms with E-state index >= 15 is 0 Å². The van der Waals surface area contributed by atoms with Crippen molar-refractivity contribution in [1.82, 2.24) is 5.32 Å². The second-order valence-electron chi connectivity index (χ2n) is 9.13. The van der Waals surface area contributed by atoms with Crippen LogP contribution in [0.4, 0.5) is 5.00 Å². The second kappa shape index (κ2) is 9.31. The molecule has 0 bridgehead atoms. The van der Waals surface area contributed by atoms with Crippen LogP contribution in [0.2, 0.25) is 0 Å². The molecule has 2 amide bonds. The van der Waals surface area contributed by atoms with Crippen molar-refractivity contribution in [2.75, 3.05) is 18.5 Å². The molecule has 0 radical (unpaired) electrons. The summed E-state index contributed by atoms with van der Waals surface area (Å²) < 4.78 is 11.4. The number of carbonyl (C=O) groups excluding carboxylic acids is 2. The molecule has 0 unspecified atom stereocenters. The normalized spacial score (nSPS) is 17.8. The van der Waals surface area contributed by atoms with Crippen LogP contribution in [0.15, 0.2) is 22.8 Å². The van der Waals surface area contributed by atoms with Gasteiger partial charge in [-0.1, -0.05) is 12.1 Å². The molecule has 174 valence electrons. The van der Waals surface area contributed by atoms with E-state index < -0.39 is 0 Å². The third kappa shape index (κ3) is 4.44. The number of hydrogen-bond acceptors (Lipinski definition) is 5. The highest BCUT2D eigenvalue weighted by Crippen LogP contribution is 2.38. The predicted molar refractivity (Wildman–Crippen MR) is 130 cm³/mol. The summed E-state index contributed by atoms with van der Waals surface area (Å²) in [6.07, 6.45) is 8.02. The summed E-state index contributed by atoms with van der Waals surface area (Å²) in [5, 5.41) is 7.73. The summed E-state index contributed by atoms with van der Waals surface area (Å²) in [6.45, 7) is 5.35. The summed E-state index contributed by atoms with van der Waals surface area (Å²) in [4.78, 5) is 27.4. The summed E-state index contributed by atoms with van der Waals surface area (Å²) >= 11 is 1.55. The molecule has 1 fully saturated rings. The van der Waals surface area contributed by atoms with Crippen molar-refractivity contribution >= 4 is 39.1 Å². The maximum atomic E-state index is 13.2. The summed E-state index contributed by atoms with van der Waals surface area (Å²) in [6, 6.07) is 4.07. The van der Waals surface area contributed by atoms with Crippen LogP contribution < -0.4 is 10.6 Å². The van der Waals surface area contributed by atoms with E-state index in [0.29, 0.717) is 17.1 Å². The van der Waals surface area contributed by atoms with Crippen molar-refractivity contribution in [1.29, 1.82) is 0 Å². The Labute approximate surface area is 197 Å². The third-order valence-electron chi connectivity index (χ3n) is 6.86. The van der Waals surface area contributed by atoms with Crippen LogP contribution in [0.1, 0.15) is 63.2 Å². The van der Waals surface area contributed by atoms with E-state index in [0.717, 1.165) is 78.4 Å². The number of thiophene rings is 1. The molecule has 5 rings (SSSR count). The van der Waals surface area contributed by atoms with Gasteiger partial charge in [-0.3, -0.25) is 9.59 Å². The molecule has 0 saturated carbocycles. The lowest BCUT2D eigenvalue weighted by Gasteiger charge is -2.15. The smallest absolute Gasteiger partial charge is 0.254 e. The minimum atomic E-state index is -0.136. The molecule has 0 spiro atoms. The summed E-state index contributed by atoms with van der Waals surface area (Å²) in [7, 11) is 0. The van der Waals surface area contributed by atoms with Crippen LogP contribution >= 0.6 is 11.3 Å². The molecule has 1 atom stereocenters. The van der Waals surface area contributed by atoms with Gasteiger partial charge < -0.3 is 19.8 Å². The molecule has 3 heterocycles. The Kier molecular flexibility index (Phi) is 6.25. The first kappa shape index (κ1) is 22.2. The highest BCUT2D eigenvalue weighted by atomic mass is 32.1. The maximum Gasteiger partial charge on any atom is 0.254 e. The van der Waals surface area contributed by atoms with E-state index in [4.69, 9.17) is 9.15 Å². The molecule has 33 heavy (non-hydrogen) atoms. The number of anilines is 1. The molecule has 7 heteroatoms. The van der Waals surface area contributed by atoms with Crippen molar-refractivity contribution < 1.29 is 18.7 Å². The first-order valence-electron chi connectivity index (χ1n) is 11.8. The lowest BCUT2D eigenvalue weighted by Crippen LogP contribution is -2.32. The van der Waals surface area contributed by atoms with Crippen molar-refractivity contribution in [2.45, 2.75) is 64.9 Å². The van der Waals surface area contributed by atoms with Crippen LogP contribution in [-0.4, -0.2) is 31.1 Å². The Morgan fingerprint density at radius 3 is 2.82 bits per heavy atom. The Morgan fingerprint density at radius 1 is 1.15 bits per heavy atom. The van der Waals surface area contributed by atoms with Crippen LogP contribution in [0.5, 0.6) is 0 Å². The predicted octanol–water partition coefficient (Wildman–Crippen LogP) is 5.08. The summed E-state index contributed by atoms with van der Waals surface area (Å²) in [5.41, 5.74) is 5.69. The van der Waals surface area contributed by atoms with Gasteiger partial charge in [0.15, 0.2) is 0 Å². The number of fused-ring (bicyclic) bond motifs is 2. The number of carbonyl (C=O) groups is 2. The third-order valence-corrected chi connectivity index (χ3v) is 8.07. The van der Waals surface area contributed by atoms with E-state index in [2.05, 4.69) is 16.7 Å². The molecule has 1 saturated heterocycles. The van der Waals surface area contributed by atoms with Crippen LogP contribution in [0, 0.1) is 13.8 Å². The van der Waals surface area contributed by atoms with Crippen LogP contribution in [0.3, 0.4) is 0 Å². The fraction of sp³-hybridized carbons (Fsp3) is 0.462. The zero-order chi connectivity index (χ0) is 22.9. The quantitative estimate of drug-likeness (QED) is 0.531. The number of amides is 2. The van der Waals surface area contributed by atoms with Crippen molar-refractivity contribution in [2.24, 2.45) is 0 Å². The standard InChI is InChI=1S/C26H30N2O4S/c1-15-9-10-19-17(14-32-24(19)16(15)2)12-22(29)28-26-23(20-7-3-4-8-21(20)33-26)25(30)27-13-18-6-5-11-31-18/h9-10,14,18H,3-8,11-13H2,1-2H3,(H,27,30)(H,28,29)/t18-/m1/s1. The van der Waals surface area contributed by atoms with Gasteiger partial charge in [0.1, 0.15) is 10.6 Å². The number of hydrogen-bond donors (Lipinski definition) is 2. The van der Waals surface area contributed by atoms with Crippen LogP contribution in [0.25, 0.3) is 11.0 Å². The molecule has 2 aliphatic rings. The van der Waals surface area contributed by atoms with Gasteiger partial charge in [0.25, 0.3) is 5.91 Å². The molecular formula is C26H30N2O4S. The molecule has 2 aromatic heterocycles. The van der Waals surface area contributed by atoms with E-state index in [1.165, 1.54) is 4.88 Å². The number of furan rings is 1. The van der Waals surface area contributed by atoms with Gasteiger partial charge >= 0.3 is 0 Å². The van der Waals surface area contributed by atoms with Gasteiger partial charge in [-0.25, -0.2) is 0 Å². The zero-order valence-corrected chi connectivity index (χ0v) is 20.0. The number of aryl methyl sites for hydroxylation is 3. The minimum absolute atomic E-state index is 0.0860. The largest absolute Gasteiger partial charge is 0.464 e. The van der Waals surface area contributed by atoms with E-state index in [-0.39, 0.29) is 24.3 Å². The van der Waals surface area contributed by atoms with Gasteiger partial charge in [0.2, 0.25) is 5.91 Å². The Bertz CT molecular complexity index is 1200. The average Bonchev–Trinajstić information content (AvgIpc) is 3.53. The molecule has 3 aromatic rings. The number of benzene rings is 1. The minimum Gasteiger partial charge on any atom is -0.464 e. The van der Waals surface area contributed by atoms with Gasteiger partial charge in [0.05, 0.1) is 24.4 Å². The Morgan fingerprint density at radius 2 is 2.00 bits per heavy atom. The Hall–Kier alpha value is -2.64. The highest BCUT2D eigenvalue weighted by Gasteiger charge is 2.27. The molecule has 1 aliphatic heterocycles. The lowest BCUT2D eigenvalue weighted by molar-refractivity contribution is -0.115. The van der Waals surface area contributed by atoms with E-state index in [1.54, 1.807) is 17.6 Å².